The van der Waals surface area contributed by atoms with Crippen LogP contribution in [0, 0.1) is 6.92 Å². The van der Waals surface area contributed by atoms with Gasteiger partial charge in [-0.1, -0.05) is 13.5 Å². The number of carbonyl (C=O) groups excluding carboxylic acids is 1. The molecule has 0 aliphatic heterocycles. The molecule has 0 aliphatic rings. The van der Waals surface area contributed by atoms with E-state index in [1.54, 1.807) is 6.92 Å². The van der Waals surface area contributed by atoms with Crippen molar-refractivity contribution in [1.29, 1.82) is 0 Å². The zero-order chi connectivity index (χ0) is 11.0. The monoisotopic (exact) mass is 200 g/mol. The van der Waals surface area contributed by atoms with Crippen molar-refractivity contribution < 1.29 is 14.6 Å². The van der Waals surface area contributed by atoms with E-state index >= 15 is 0 Å². The lowest BCUT2D eigenvalue weighted by Gasteiger charge is -2.11. The Morgan fingerprint density at radius 2 is 2.29 bits per heavy atom. The molecule has 0 aromatic heterocycles. The van der Waals surface area contributed by atoms with Gasteiger partial charge in [0.25, 0.3) is 0 Å². The van der Waals surface area contributed by atoms with Gasteiger partial charge in [-0.2, -0.15) is 0 Å². The van der Waals surface area contributed by atoms with Crippen LogP contribution < -0.4 is 5.32 Å². The van der Waals surface area contributed by atoms with Crippen LogP contribution in [0.4, 0.5) is 0 Å². The summed E-state index contributed by atoms with van der Waals surface area (Å²) in [4.78, 5) is 11.0. The smallest absolute Gasteiger partial charge is 0.246 e. The number of nitrogens with one attached hydrogen (secondary N) is 1. The maximum atomic E-state index is 11.0. The summed E-state index contributed by atoms with van der Waals surface area (Å²) in [5, 5.41) is 11.8. The van der Waals surface area contributed by atoms with E-state index in [4.69, 9.17) is 4.74 Å². The van der Waals surface area contributed by atoms with Crippen molar-refractivity contribution in [1.82, 2.24) is 5.32 Å². The number of hydrogen-bond acceptors (Lipinski definition) is 3. The summed E-state index contributed by atoms with van der Waals surface area (Å²) in [7, 11) is 0. The van der Waals surface area contributed by atoms with Crippen LogP contribution in [0.3, 0.4) is 0 Å². The van der Waals surface area contributed by atoms with E-state index in [-0.39, 0.29) is 19.1 Å². The van der Waals surface area contributed by atoms with Crippen LogP contribution in [0.15, 0.2) is 12.2 Å². The molecule has 0 aromatic carbocycles. The molecule has 1 atom stereocenters. The molecule has 0 rings (SSSR count). The Bertz CT molecular complexity index is 192. The first-order valence-corrected chi connectivity index (χ1v) is 4.56. The van der Waals surface area contributed by atoms with E-state index in [0.717, 1.165) is 0 Å². The van der Waals surface area contributed by atoms with Crippen LogP contribution >= 0.6 is 0 Å². The van der Waals surface area contributed by atoms with Gasteiger partial charge in [-0.3, -0.25) is 4.79 Å². The van der Waals surface area contributed by atoms with Gasteiger partial charge in [0.1, 0.15) is 0 Å². The van der Waals surface area contributed by atoms with Gasteiger partial charge in [-0.05, 0) is 13.3 Å². The molecule has 1 unspecified atom stereocenters. The molecule has 0 fully saturated rings. The highest BCUT2D eigenvalue weighted by Gasteiger charge is 2.06. The molecule has 14 heavy (non-hydrogen) atoms. The van der Waals surface area contributed by atoms with Crippen LogP contribution in [0.2, 0.25) is 0 Å². The van der Waals surface area contributed by atoms with E-state index < -0.39 is 6.10 Å². The SMILES string of the molecule is [CH2]CCOCC(O)CNC(=O)C(=C)C. The fourth-order valence-electron chi connectivity index (χ4n) is 0.742. The number of rotatable bonds is 7. The van der Waals surface area contributed by atoms with Crippen LogP contribution in [0.25, 0.3) is 0 Å². The molecule has 1 amide bonds. The summed E-state index contributed by atoms with van der Waals surface area (Å²) in [6, 6.07) is 0. The predicted octanol–water partition coefficient (Wildman–Crippen LogP) is 0.280. The highest BCUT2D eigenvalue weighted by Crippen LogP contribution is 1.89. The summed E-state index contributed by atoms with van der Waals surface area (Å²) < 4.78 is 5.05. The zero-order valence-electron chi connectivity index (χ0n) is 8.58. The van der Waals surface area contributed by atoms with Crippen molar-refractivity contribution in [3.05, 3.63) is 19.1 Å². The molecule has 4 nitrogen and oxygen atoms in total. The largest absolute Gasteiger partial charge is 0.389 e. The number of ether oxygens (including phenoxy) is 1. The Labute approximate surface area is 85.0 Å². The lowest BCUT2D eigenvalue weighted by molar-refractivity contribution is -0.118. The molecule has 2 N–H and O–H groups in total. The molecular weight excluding hydrogens is 182 g/mol. The topological polar surface area (TPSA) is 58.6 Å². The summed E-state index contributed by atoms with van der Waals surface area (Å²) in [6.07, 6.45) is -0.00459. The van der Waals surface area contributed by atoms with Crippen molar-refractivity contribution in [3.8, 4) is 0 Å². The third kappa shape index (κ3) is 6.62. The molecule has 0 saturated heterocycles. The number of amides is 1. The van der Waals surface area contributed by atoms with Gasteiger partial charge in [0.05, 0.1) is 12.7 Å². The highest BCUT2D eigenvalue weighted by atomic mass is 16.5. The van der Waals surface area contributed by atoms with Gasteiger partial charge in [0.2, 0.25) is 5.91 Å². The van der Waals surface area contributed by atoms with E-state index in [1.165, 1.54) is 0 Å². The Hall–Kier alpha value is -0.870. The Kier molecular flexibility index (Phi) is 7.06. The van der Waals surface area contributed by atoms with Gasteiger partial charge in [0, 0.05) is 18.7 Å². The molecule has 0 aliphatic carbocycles. The van der Waals surface area contributed by atoms with Crippen LogP contribution in [-0.2, 0) is 9.53 Å². The third-order valence-electron chi connectivity index (χ3n) is 1.48. The maximum absolute atomic E-state index is 11.0. The van der Waals surface area contributed by atoms with Gasteiger partial charge < -0.3 is 15.2 Å². The second-order valence-electron chi connectivity index (χ2n) is 3.07. The molecule has 0 aromatic rings. The van der Waals surface area contributed by atoms with Crippen LogP contribution in [0.5, 0.6) is 0 Å². The lowest BCUT2D eigenvalue weighted by atomic mass is 10.3. The minimum Gasteiger partial charge on any atom is -0.389 e. The summed E-state index contributed by atoms with van der Waals surface area (Å²) in [5.74, 6) is -0.249. The number of carbonyl (C=O) groups is 1. The molecule has 0 saturated carbocycles. The van der Waals surface area contributed by atoms with E-state index in [0.29, 0.717) is 18.6 Å². The molecule has 1 radical (unpaired) electrons. The lowest BCUT2D eigenvalue weighted by Crippen LogP contribution is -2.34. The molecule has 0 heterocycles. The second-order valence-corrected chi connectivity index (χ2v) is 3.07. The first-order chi connectivity index (χ1) is 6.57. The van der Waals surface area contributed by atoms with E-state index in [2.05, 4.69) is 18.8 Å². The summed E-state index contributed by atoms with van der Waals surface area (Å²) in [6.45, 7) is 9.60. The summed E-state index contributed by atoms with van der Waals surface area (Å²) >= 11 is 0. The Balaban J connectivity index is 3.48. The number of aliphatic hydroxyl groups excluding tert-OH is 1. The van der Waals surface area contributed by atoms with Gasteiger partial charge in [0.15, 0.2) is 0 Å². The van der Waals surface area contributed by atoms with Crippen molar-refractivity contribution in [2.45, 2.75) is 19.4 Å². The Morgan fingerprint density at radius 3 is 2.79 bits per heavy atom. The van der Waals surface area contributed by atoms with Crippen molar-refractivity contribution in [2.75, 3.05) is 19.8 Å². The predicted molar refractivity (Wildman–Crippen MR) is 54.6 cm³/mol. The number of hydrogen-bond donors (Lipinski definition) is 2. The third-order valence-corrected chi connectivity index (χ3v) is 1.48. The standard InChI is InChI=1S/C10H18NO3/c1-4-5-14-7-9(12)6-11-10(13)8(2)3/h9,12H,1-2,4-7H2,3H3,(H,11,13). The average molecular weight is 200 g/mol. The van der Waals surface area contributed by atoms with E-state index in [1.807, 2.05) is 0 Å². The average Bonchev–Trinajstić information content (AvgIpc) is 2.14. The Morgan fingerprint density at radius 1 is 1.64 bits per heavy atom. The van der Waals surface area contributed by atoms with Crippen molar-refractivity contribution >= 4 is 5.91 Å². The fourth-order valence-corrected chi connectivity index (χ4v) is 0.742. The first-order valence-electron chi connectivity index (χ1n) is 4.56. The quantitative estimate of drug-likeness (QED) is 0.458. The van der Waals surface area contributed by atoms with Crippen LogP contribution in [-0.4, -0.2) is 36.9 Å². The fraction of sp³-hybridized carbons (Fsp3) is 0.600. The second kappa shape index (κ2) is 7.53. The van der Waals surface area contributed by atoms with Crippen LogP contribution in [0.1, 0.15) is 13.3 Å². The molecule has 81 valence electrons. The molecule has 4 heteroatoms. The van der Waals surface area contributed by atoms with Gasteiger partial charge in [-0.25, -0.2) is 0 Å². The van der Waals surface area contributed by atoms with E-state index in [9.17, 15) is 9.90 Å². The zero-order valence-corrected chi connectivity index (χ0v) is 8.58. The normalized spacial score (nSPS) is 12.2. The van der Waals surface area contributed by atoms with Gasteiger partial charge >= 0.3 is 0 Å². The molecule has 0 spiro atoms. The summed E-state index contributed by atoms with van der Waals surface area (Å²) in [5.41, 5.74) is 0.427. The van der Waals surface area contributed by atoms with Crippen molar-refractivity contribution in [3.63, 3.8) is 0 Å². The highest BCUT2D eigenvalue weighted by molar-refractivity contribution is 5.92. The minimum absolute atomic E-state index is 0.183. The minimum atomic E-state index is -0.676. The number of aliphatic hydroxyl groups is 1. The first kappa shape index (κ1) is 13.1. The molecule has 0 bridgehead atoms. The molecular formula is C10H18NO3. The maximum Gasteiger partial charge on any atom is 0.246 e. The van der Waals surface area contributed by atoms with Crippen molar-refractivity contribution in [2.24, 2.45) is 0 Å². The van der Waals surface area contributed by atoms with Gasteiger partial charge in [-0.15, -0.1) is 0 Å².